The maximum absolute atomic E-state index is 11.8. The van der Waals surface area contributed by atoms with Gasteiger partial charge in [-0.25, -0.2) is 0 Å². The quantitative estimate of drug-likeness (QED) is 0.743. The van der Waals surface area contributed by atoms with Crippen molar-refractivity contribution in [1.29, 1.82) is 0 Å². The van der Waals surface area contributed by atoms with Crippen molar-refractivity contribution in [3.05, 3.63) is 0 Å². The van der Waals surface area contributed by atoms with Gasteiger partial charge in [-0.1, -0.05) is 6.42 Å². The molecule has 2 aliphatic carbocycles. The van der Waals surface area contributed by atoms with Crippen LogP contribution < -0.4 is 10.6 Å². The van der Waals surface area contributed by atoms with Gasteiger partial charge < -0.3 is 10.6 Å². The van der Waals surface area contributed by atoms with Crippen molar-refractivity contribution in [2.24, 2.45) is 17.8 Å². The first kappa shape index (κ1) is 11.9. The van der Waals surface area contributed by atoms with Gasteiger partial charge in [0.05, 0.1) is 0 Å². The molecule has 3 heteroatoms. The van der Waals surface area contributed by atoms with Crippen LogP contribution in [0.3, 0.4) is 0 Å². The number of rotatable bonds is 5. The van der Waals surface area contributed by atoms with Gasteiger partial charge >= 0.3 is 0 Å². The SMILES string of the molecule is CNC(C)CNC(=O)CC1CC2CCC1C2. The highest BCUT2D eigenvalue weighted by Gasteiger charge is 2.39. The number of nitrogens with one attached hydrogen (secondary N) is 2. The van der Waals surface area contributed by atoms with Crippen LogP contribution in [0.4, 0.5) is 0 Å². The number of carbonyl (C=O) groups excluding carboxylic acids is 1. The second-order valence-electron chi connectivity index (χ2n) is 5.63. The third-order valence-electron chi connectivity index (χ3n) is 4.43. The predicted molar refractivity (Wildman–Crippen MR) is 65.1 cm³/mol. The van der Waals surface area contributed by atoms with Crippen molar-refractivity contribution in [3.8, 4) is 0 Å². The normalized spacial score (nSPS) is 34.0. The zero-order chi connectivity index (χ0) is 11.5. The molecule has 1 amide bonds. The van der Waals surface area contributed by atoms with E-state index in [1.165, 1.54) is 25.7 Å². The molecule has 0 heterocycles. The van der Waals surface area contributed by atoms with Crippen molar-refractivity contribution in [1.82, 2.24) is 10.6 Å². The van der Waals surface area contributed by atoms with E-state index in [9.17, 15) is 4.79 Å². The molecule has 16 heavy (non-hydrogen) atoms. The highest BCUT2D eigenvalue weighted by Crippen LogP contribution is 2.49. The van der Waals surface area contributed by atoms with Crippen LogP contribution in [0.1, 0.15) is 39.0 Å². The summed E-state index contributed by atoms with van der Waals surface area (Å²) < 4.78 is 0. The van der Waals surface area contributed by atoms with E-state index in [0.29, 0.717) is 12.0 Å². The molecule has 0 aromatic rings. The van der Waals surface area contributed by atoms with E-state index < -0.39 is 0 Å². The van der Waals surface area contributed by atoms with E-state index in [2.05, 4.69) is 17.6 Å². The summed E-state index contributed by atoms with van der Waals surface area (Å²) in [6, 6.07) is 0.365. The maximum atomic E-state index is 11.8. The lowest BCUT2D eigenvalue weighted by molar-refractivity contribution is -0.122. The van der Waals surface area contributed by atoms with Gasteiger partial charge in [-0.3, -0.25) is 4.79 Å². The second-order valence-corrected chi connectivity index (χ2v) is 5.63. The van der Waals surface area contributed by atoms with Gasteiger partial charge in [0.2, 0.25) is 5.91 Å². The summed E-state index contributed by atoms with van der Waals surface area (Å²) in [5.74, 6) is 2.74. The third kappa shape index (κ3) is 2.76. The topological polar surface area (TPSA) is 41.1 Å². The molecule has 0 saturated heterocycles. The standard InChI is InChI=1S/C13H24N2O/c1-9(14-2)8-15-13(16)7-12-6-10-3-4-11(12)5-10/h9-12,14H,3-8H2,1-2H3,(H,15,16). The Kier molecular flexibility index (Phi) is 3.85. The van der Waals surface area contributed by atoms with Crippen LogP contribution >= 0.6 is 0 Å². The number of fused-ring (bicyclic) bond motifs is 2. The van der Waals surface area contributed by atoms with Crippen molar-refractivity contribution in [3.63, 3.8) is 0 Å². The molecule has 2 rings (SSSR count). The lowest BCUT2D eigenvalue weighted by Crippen LogP contribution is -2.38. The number of hydrogen-bond acceptors (Lipinski definition) is 2. The van der Waals surface area contributed by atoms with Crippen LogP contribution in [-0.4, -0.2) is 25.5 Å². The summed E-state index contributed by atoms with van der Waals surface area (Å²) in [5.41, 5.74) is 0. The fraction of sp³-hybridized carbons (Fsp3) is 0.923. The van der Waals surface area contributed by atoms with E-state index in [1.807, 2.05) is 7.05 Å². The number of likely N-dealkylation sites (N-methyl/N-ethyl adjacent to an activating group) is 1. The molecule has 0 aromatic heterocycles. The predicted octanol–water partition coefficient (Wildman–Crippen LogP) is 1.54. The zero-order valence-corrected chi connectivity index (χ0v) is 10.5. The summed E-state index contributed by atoms with van der Waals surface area (Å²) in [4.78, 5) is 11.8. The first-order valence-corrected chi connectivity index (χ1v) is 6.63. The molecule has 2 aliphatic rings. The number of hydrogen-bond donors (Lipinski definition) is 2. The van der Waals surface area contributed by atoms with Crippen molar-refractivity contribution in [2.45, 2.75) is 45.1 Å². The third-order valence-corrected chi connectivity index (χ3v) is 4.43. The number of carbonyl (C=O) groups is 1. The molecule has 0 spiro atoms. The van der Waals surface area contributed by atoms with Gasteiger partial charge in [0.1, 0.15) is 0 Å². The van der Waals surface area contributed by atoms with Crippen molar-refractivity contribution in [2.75, 3.05) is 13.6 Å². The molecule has 0 aromatic carbocycles. The Morgan fingerprint density at radius 3 is 2.75 bits per heavy atom. The van der Waals surface area contributed by atoms with E-state index in [0.717, 1.165) is 24.8 Å². The molecule has 4 unspecified atom stereocenters. The molecule has 2 fully saturated rings. The van der Waals surface area contributed by atoms with Crippen LogP contribution in [-0.2, 0) is 4.79 Å². The van der Waals surface area contributed by atoms with E-state index in [1.54, 1.807) is 0 Å². The van der Waals surface area contributed by atoms with Crippen LogP contribution in [0.2, 0.25) is 0 Å². The second kappa shape index (κ2) is 5.17. The van der Waals surface area contributed by atoms with Gasteiger partial charge in [-0.2, -0.15) is 0 Å². The van der Waals surface area contributed by atoms with Crippen molar-refractivity contribution < 1.29 is 4.79 Å². The molecule has 0 aliphatic heterocycles. The Bertz CT molecular complexity index is 254. The largest absolute Gasteiger partial charge is 0.355 e. The number of amides is 1. The van der Waals surface area contributed by atoms with Gasteiger partial charge in [0.15, 0.2) is 0 Å². The Labute approximate surface area is 98.4 Å². The summed E-state index contributed by atoms with van der Waals surface area (Å²) in [7, 11) is 1.92. The summed E-state index contributed by atoms with van der Waals surface area (Å²) in [5, 5.41) is 6.14. The summed E-state index contributed by atoms with van der Waals surface area (Å²) >= 11 is 0. The highest BCUT2D eigenvalue weighted by atomic mass is 16.1. The van der Waals surface area contributed by atoms with Crippen LogP contribution in [0.5, 0.6) is 0 Å². The molecule has 0 radical (unpaired) electrons. The molecule has 2 N–H and O–H groups in total. The fourth-order valence-electron chi connectivity index (χ4n) is 3.31. The molecular formula is C13H24N2O. The fourth-order valence-corrected chi connectivity index (χ4v) is 3.31. The molecule has 4 atom stereocenters. The van der Waals surface area contributed by atoms with Gasteiger partial charge in [-0.05, 0) is 51.0 Å². The minimum absolute atomic E-state index is 0.250. The van der Waals surface area contributed by atoms with Gasteiger partial charge in [-0.15, -0.1) is 0 Å². The highest BCUT2D eigenvalue weighted by molar-refractivity contribution is 5.76. The Balaban J connectivity index is 1.67. The van der Waals surface area contributed by atoms with E-state index in [-0.39, 0.29) is 5.91 Å². The van der Waals surface area contributed by atoms with Crippen LogP contribution in [0, 0.1) is 17.8 Å². The van der Waals surface area contributed by atoms with Crippen LogP contribution in [0.15, 0.2) is 0 Å². The summed E-state index contributed by atoms with van der Waals surface area (Å²) in [6.07, 6.45) is 6.25. The minimum atomic E-state index is 0.250. The molecule has 92 valence electrons. The molecule has 2 saturated carbocycles. The Morgan fingerprint density at radius 1 is 1.38 bits per heavy atom. The van der Waals surface area contributed by atoms with Gasteiger partial charge in [0, 0.05) is 19.0 Å². The lowest BCUT2D eigenvalue weighted by atomic mass is 9.86. The lowest BCUT2D eigenvalue weighted by Gasteiger charge is -2.21. The van der Waals surface area contributed by atoms with Crippen molar-refractivity contribution >= 4 is 5.91 Å². The first-order chi connectivity index (χ1) is 7.69. The Hall–Kier alpha value is -0.570. The smallest absolute Gasteiger partial charge is 0.220 e. The van der Waals surface area contributed by atoms with E-state index in [4.69, 9.17) is 0 Å². The monoisotopic (exact) mass is 224 g/mol. The van der Waals surface area contributed by atoms with Gasteiger partial charge in [0.25, 0.3) is 0 Å². The molecule has 3 nitrogen and oxygen atoms in total. The maximum Gasteiger partial charge on any atom is 0.220 e. The first-order valence-electron chi connectivity index (χ1n) is 6.63. The average molecular weight is 224 g/mol. The van der Waals surface area contributed by atoms with E-state index >= 15 is 0 Å². The zero-order valence-electron chi connectivity index (χ0n) is 10.5. The summed E-state index contributed by atoms with van der Waals surface area (Å²) in [6.45, 7) is 2.83. The Morgan fingerprint density at radius 2 is 2.19 bits per heavy atom. The minimum Gasteiger partial charge on any atom is -0.355 e. The molecule has 2 bridgehead atoms. The molecular weight excluding hydrogens is 200 g/mol. The van der Waals surface area contributed by atoms with Crippen LogP contribution in [0.25, 0.3) is 0 Å². The average Bonchev–Trinajstić information content (AvgIpc) is 2.87.